The molecule has 0 fully saturated rings. The van der Waals surface area contributed by atoms with E-state index >= 15 is 0 Å². The summed E-state index contributed by atoms with van der Waals surface area (Å²) in [4.78, 5) is 11.4. The lowest BCUT2D eigenvalue weighted by atomic mass is 10.2. The van der Waals surface area contributed by atoms with Gasteiger partial charge < -0.3 is 15.8 Å². The van der Waals surface area contributed by atoms with Crippen LogP contribution in [0.4, 0.5) is 8.78 Å². The highest BCUT2D eigenvalue weighted by molar-refractivity contribution is 5.80. The number of ether oxygens (including phenoxy) is 1. The van der Waals surface area contributed by atoms with Gasteiger partial charge in [0.05, 0.1) is 0 Å². The summed E-state index contributed by atoms with van der Waals surface area (Å²) in [6.45, 7) is -0.000952. The predicted molar refractivity (Wildman–Crippen MR) is 58.1 cm³/mol. The van der Waals surface area contributed by atoms with Crippen molar-refractivity contribution in [2.45, 2.75) is 12.6 Å². The van der Waals surface area contributed by atoms with Crippen LogP contribution >= 0.6 is 0 Å². The largest absolute Gasteiger partial charge is 0.370 e. The zero-order chi connectivity index (χ0) is 12.8. The Morgan fingerprint density at radius 1 is 1.53 bits per heavy atom. The van der Waals surface area contributed by atoms with E-state index in [1.807, 2.05) is 0 Å². The predicted octanol–water partition coefficient (Wildman–Crippen LogP) is 0.555. The number of hydrogen-bond acceptors (Lipinski definition) is 3. The Morgan fingerprint density at radius 2 is 2.24 bits per heavy atom. The molecule has 0 radical (unpaired) electrons. The molecule has 0 bridgehead atoms. The van der Waals surface area contributed by atoms with E-state index < -0.39 is 23.6 Å². The van der Waals surface area contributed by atoms with E-state index in [9.17, 15) is 13.6 Å². The van der Waals surface area contributed by atoms with Crippen LogP contribution in [0.2, 0.25) is 0 Å². The number of amides is 1. The van der Waals surface area contributed by atoms with Crippen LogP contribution in [-0.2, 0) is 16.1 Å². The smallest absolute Gasteiger partial charge is 0.250 e. The molecule has 0 saturated heterocycles. The molecule has 3 N–H and O–H groups in total. The Hall–Kier alpha value is -1.53. The fourth-order valence-electron chi connectivity index (χ4n) is 1.27. The van der Waals surface area contributed by atoms with E-state index in [2.05, 4.69) is 5.32 Å². The minimum absolute atomic E-state index is 0.0359. The van der Waals surface area contributed by atoms with Crippen molar-refractivity contribution >= 4 is 5.91 Å². The fourth-order valence-corrected chi connectivity index (χ4v) is 1.27. The third kappa shape index (κ3) is 3.76. The molecule has 0 aliphatic heterocycles. The minimum Gasteiger partial charge on any atom is -0.370 e. The van der Waals surface area contributed by atoms with Crippen LogP contribution in [0, 0.1) is 11.6 Å². The Morgan fingerprint density at radius 3 is 2.76 bits per heavy atom. The van der Waals surface area contributed by atoms with Crippen molar-refractivity contribution in [3.05, 3.63) is 35.4 Å². The van der Waals surface area contributed by atoms with Crippen molar-refractivity contribution < 1.29 is 18.3 Å². The van der Waals surface area contributed by atoms with Crippen molar-refractivity contribution in [3.8, 4) is 0 Å². The SMILES string of the molecule is COC(CN)C(=O)NCc1ccc(F)cc1F. The average Bonchev–Trinajstić information content (AvgIpc) is 2.29. The Kier molecular flexibility index (Phi) is 4.99. The maximum atomic E-state index is 13.2. The van der Waals surface area contributed by atoms with E-state index in [1.165, 1.54) is 13.2 Å². The molecule has 0 aliphatic carbocycles. The third-order valence-electron chi connectivity index (χ3n) is 2.26. The van der Waals surface area contributed by atoms with Gasteiger partial charge in [0.25, 0.3) is 5.91 Å². The zero-order valence-electron chi connectivity index (χ0n) is 9.37. The number of rotatable bonds is 5. The molecular formula is C11H14F2N2O2. The van der Waals surface area contributed by atoms with Gasteiger partial charge in [-0.3, -0.25) is 4.79 Å². The molecule has 1 unspecified atom stereocenters. The van der Waals surface area contributed by atoms with Crippen molar-refractivity contribution in [1.82, 2.24) is 5.32 Å². The number of nitrogens with two attached hydrogens (primary N) is 1. The number of halogens is 2. The second kappa shape index (κ2) is 6.27. The molecule has 1 aromatic carbocycles. The molecule has 1 atom stereocenters. The van der Waals surface area contributed by atoms with Crippen molar-refractivity contribution in [3.63, 3.8) is 0 Å². The Labute approximate surface area is 97.8 Å². The maximum absolute atomic E-state index is 13.2. The monoisotopic (exact) mass is 244 g/mol. The van der Waals surface area contributed by atoms with E-state index in [4.69, 9.17) is 10.5 Å². The topological polar surface area (TPSA) is 64.3 Å². The summed E-state index contributed by atoms with van der Waals surface area (Å²) in [6.07, 6.45) is -0.765. The number of carbonyl (C=O) groups excluding carboxylic acids is 1. The highest BCUT2D eigenvalue weighted by Crippen LogP contribution is 2.09. The maximum Gasteiger partial charge on any atom is 0.250 e. The van der Waals surface area contributed by atoms with Gasteiger partial charge in [-0.15, -0.1) is 0 Å². The highest BCUT2D eigenvalue weighted by Gasteiger charge is 2.15. The van der Waals surface area contributed by atoms with Crippen molar-refractivity contribution in [2.75, 3.05) is 13.7 Å². The molecule has 17 heavy (non-hydrogen) atoms. The average molecular weight is 244 g/mol. The van der Waals surface area contributed by atoms with Gasteiger partial charge in [-0.2, -0.15) is 0 Å². The van der Waals surface area contributed by atoms with Gasteiger partial charge in [0.2, 0.25) is 0 Å². The molecule has 6 heteroatoms. The van der Waals surface area contributed by atoms with Crippen LogP contribution < -0.4 is 11.1 Å². The van der Waals surface area contributed by atoms with Gasteiger partial charge in [0.1, 0.15) is 17.7 Å². The number of nitrogens with one attached hydrogen (secondary N) is 1. The Bertz CT molecular complexity index is 395. The van der Waals surface area contributed by atoms with E-state index in [1.54, 1.807) is 0 Å². The molecule has 1 aromatic rings. The van der Waals surface area contributed by atoms with Crippen LogP contribution in [0.3, 0.4) is 0 Å². The number of hydrogen-bond donors (Lipinski definition) is 2. The standard InChI is InChI=1S/C11H14F2N2O2/c1-17-10(5-14)11(16)15-6-7-2-3-8(12)4-9(7)13/h2-4,10H,5-6,14H2,1H3,(H,15,16). The summed E-state index contributed by atoms with van der Waals surface area (Å²) in [5, 5.41) is 2.45. The summed E-state index contributed by atoms with van der Waals surface area (Å²) in [5.41, 5.74) is 5.49. The highest BCUT2D eigenvalue weighted by atomic mass is 19.1. The number of benzene rings is 1. The molecule has 1 rings (SSSR count). The molecule has 0 aliphatic rings. The lowest BCUT2D eigenvalue weighted by Crippen LogP contribution is -2.40. The molecule has 0 aromatic heterocycles. The fraction of sp³-hybridized carbons (Fsp3) is 0.364. The molecule has 0 saturated carbocycles. The molecular weight excluding hydrogens is 230 g/mol. The second-order valence-electron chi connectivity index (χ2n) is 3.41. The van der Waals surface area contributed by atoms with E-state index in [0.29, 0.717) is 0 Å². The lowest BCUT2D eigenvalue weighted by Gasteiger charge is -2.13. The molecule has 0 heterocycles. The van der Waals surface area contributed by atoms with Crippen LogP contribution in [0.5, 0.6) is 0 Å². The molecule has 94 valence electrons. The summed E-state index contributed by atoms with van der Waals surface area (Å²) < 4.78 is 30.6. The van der Waals surface area contributed by atoms with Crippen LogP contribution in [-0.4, -0.2) is 25.7 Å². The van der Waals surface area contributed by atoms with Gasteiger partial charge in [0.15, 0.2) is 0 Å². The summed E-state index contributed by atoms with van der Waals surface area (Å²) >= 11 is 0. The molecule has 1 amide bonds. The molecule has 4 nitrogen and oxygen atoms in total. The normalized spacial score (nSPS) is 12.2. The van der Waals surface area contributed by atoms with E-state index in [-0.39, 0.29) is 18.7 Å². The summed E-state index contributed by atoms with van der Waals surface area (Å²) in [5.74, 6) is -1.79. The minimum atomic E-state index is -0.765. The van der Waals surface area contributed by atoms with E-state index in [0.717, 1.165) is 12.1 Å². The third-order valence-corrected chi connectivity index (χ3v) is 2.26. The van der Waals surface area contributed by atoms with Gasteiger partial charge in [0, 0.05) is 31.8 Å². The first kappa shape index (κ1) is 13.5. The zero-order valence-corrected chi connectivity index (χ0v) is 9.37. The van der Waals surface area contributed by atoms with Crippen LogP contribution in [0.15, 0.2) is 18.2 Å². The number of carbonyl (C=O) groups is 1. The van der Waals surface area contributed by atoms with Gasteiger partial charge >= 0.3 is 0 Å². The lowest BCUT2D eigenvalue weighted by molar-refractivity contribution is -0.130. The van der Waals surface area contributed by atoms with Crippen molar-refractivity contribution in [1.29, 1.82) is 0 Å². The summed E-state index contributed by atoms with van der Waals surface area (Å²) in [7, 11) is 1.36. The Balaban J connectivity index is 2.58. The first-order valence-electron chi connectivity index (χ1n) is 5.03. The van der Waals surface area contributed by atoms with Gasteiger partial charge in [-0.25, -0.2) is 8.78 Å². The molecule has 0 spiro atoms. The quantitative estimate of drug-likeness (QED) is 0.795. The van der Waals surface area contributed by atoms with Crippen LogP contribution in [0.1, 0.15) is 5.56 Å². The van der Waals surface area contributed by atoms with Crippen LogP contribution in [0.25, 0.3) is 0 Å². The first-order valence-corrected chi connectivity index (χ1v) is 5.03. The van der Waals surface area contributed by atoms with Crippen molar-refractivity contribution in [2.24, 2.45) is 5.73 Å². The first-order chi connectivity index (χ1) is 8.08. The summed E-state index contributed by atoms with van der Waals surface area (Å²) in [6, 6.07) is 3.16. The second-order valence-corrected chi connectivity index (χ2v) is 3.41. The van der Waals surface area contributed by atoms with Gasteiger partial charge in [-0.1, -0.05) is 6.07 Å². The number of methoxy groups -OCH3 is 1. The van der Waals surface area contributed by atoms with Gasteiger partial charge in [-0.05, 0) is 6.07 Å².